The number of rotatable bonds is 13. The van der Waals surface area contributed by atoms with Crippen LogP contribution in [0, 0.1) is 0 Å². The zero-order valence-electron chi connectivity index (χ0n) is 23.4. The molecule has 1 N–H and O–H groups in total. The number of nitrogens with zero attached hydrogens (tertiary/aromatic N) is 2. The quantitative estimate of drug-likeness (QED) is 0.308. The molecule has 220 valence electrons. The number of methoxy groups -OCH3 is 1. The summed E-state index contributed by atoms with van der Waals surface area (Å²) in [6.07, 6.45) is 7.06. The second-order valence-electron chi connectivity index (χ2n) is 10.2. The number of anilines is 1. The van der Waals surface area contributed by atoms with Crippen LogP contribution in [-0.2, 0) is 26.2 Å². The number of hydrogen-bond donors (Lipinski definition) is 1. The predicted molar refractivity (Wildman–Crippen MR) is 161 cm³/mol. The van der Waals surface area contributed by atoms with E-state index in [9.17, 15) is 18.0 Å². The lowest BCUT2D eigenvalue weighted by Gasteiger charge is -2.33. The summed E-state index contributed by atoms with van der Waals surface area (Å²) < 4.78 is 31.6. The fourth-order valence-electron chi connectivity index (χ4n) is 5.05. The monoisotopic (exact) mass is 611 g/mol. The molecule has 1 aliphatic rings. The molecule has 0 bridgehead atoms. The Morgan fingerprint density at radius 2 is 1.75 bits per heavy atom. The molecule has 1 aliphatic carbocycles. The number of carbonyl (C=O) groups is 2. The molecule has 2 aromatic carbocycles. The van der Waals surface area contributed by atoms with Gasteiger partial charge in [0.05, 0.1) is 24.1 Å². The van der Waals surface area contributed by atoms with Gasteiger partial charge >= 0.3 is 0 Å². The van der Waals surface area contributed by atoms with Crippen molar-refractivity contribution >= 4 is 50.7 Å². The van der Waals surface area contributed by atoms with E-state index in [0.29, 0.717) is 17.2 Å². The molecule has 11 heteroatoms. The second kappa shape index (κ2) is 14.9. The molecule has 3 rings (SSSR count). The van der Waals surface area contributed by atoms with Crippen LogP contribution >= 0.6 is 23.2 Å². The van der Waals surface area contributed by atoms with Crippen molar-refractivity contribution in [2.24, 2.45) is 0 Å². The number of benzene rings is 2. The van der Waals surface area contributed by atoms with Crippen LogP contribution in [0.5, 0.6) is 5.75 Å². The van der Waals surface area contributed by atoms with Gasteiger partial charge in [-0.2, -0.15) is 0 Å². The normalized spacial score (nSPS) is 14.8. The minimum absolute atomic E-state index is 0.0338. The molecule has 0 radical (unpaired) electrons. The summed E-state index contributed by atoms with van der Waals surface area (Å²) in [5.74, 6) is 0.316. The average molecular weight is 613 g/mol. The lowest BCUT2D eigenvalue weighted by molar-refractivity contribution is -0.141. The SMILES string of the molecule is CC[C@H](C(=O)NC1CCCCC1)N(Cc1ccc(OC)cc1)C(=O)CCCN(c1cc(Cl)ccc1Cl)S(C)(=O)=O. The first-order chi connectivity index (χ1) is 19.0. The zero-order chi connectivity index (χ0) is 29.3. The van der Waals surface area contributed by atoms with Crippen LogP contribution in [0.2, 0.25) is 10.0 Å². The standard InChI is InChI=1S/C29H39Cl2N3O5S/c1-4-26(29(36)32-23-9-6-5-7-10-23)33(20-21-12-15-24(39-2)16-13-21)28(35)11-8-18-34(40(3,37)38)27-19-22(30)14-17-25(27)31/h12-17,19,23,26H,4-11,18,20H2,1-3H3,(H,32,36)/t26-/m1/s1. The van der Waals surface area contributed by atoms with Gasteiger partial charge in [0.15, 0.2) is 0 Å². The Bertz CT molecular complexity index is 1250. The number of amides is 2. The maximum Gasteiger partial charge on any atom is 0.243 e. The number of carbonyl (C=O) groups excluding carboxylic acids is 2. The third kappa shape index (κ3) is 9.01. The Balaban J connectivity index is 1.78. The molecule has 0 unspecified atom stereocenters. The Labute approximate surface area is 248 Å². The molecule has 0 aromatic heterocycles. The molecular weight excluding hydrogens is 573 g/mol. The fraction of sp³-hybridized carbons (Fsp3) is 0.517. The van der Waals surface area contributed by atoms with Crippen molar-refractivity contribution in [2.75, 3.05) is 24.2 Å². The summed E-state index contributed by atoms with van der Waals surface area (Å²) in [6, 6.07) is 11.5. The van der Waals surface area contributed by atoms with Gasteiger partial charge in [0, 0.05) is 30.6 Å². The van der Waals surface area contributed by atoms with Gasteiger partial charge in [0.2, 0.25) is 21.8 Å². The van der Waals surface area contributed by atoms with Crippen molar-refractivity contribution in [1.29, 1.82) is 0 Å². The largest absolute Gasteiger partial charge is 0.497 e. The lowest BCUT2D eigenvalue weighted by Crippen LogP contribution is -2.51. The van der Waals surface area contributed by atoms with Gasteiger partial charge in [-0.25, -0.2) is 8.42 Å². The van der Waals surface area contributed by atoms with Gasteiger partial charge in [0.1, 0.15) is 11.8 Å². The van der Waals surface area contributed by atoms with Crippen molar-refractivity contribution in [3.8, 4) is 5.75 Å². The van der Waals surface area contributed by atoms with Gasteiger partial charge in [-0.3, -0.25) is 13.9 Å². The van der Waals surface area contributed by atoms with Crippen LogP contribution in [0.15, 0.2) is 42.5 Å². The number of halogens is 2. The Hall–Kier alpha value is -2.49. The van der Waals surface area contributed by atoms with E-state index in [1.165, 1.54) is 18.6 Å². The van der Waals surface area contributed by atoms with Gasteiger partial charge in [-0.15, -0.1) is 0 Å². The first-order valence-corrected chi connectivity index (χ1v) is 16.3. The summed E-state index contributed by atoms with van der Waals surface area (Å²) in [6.45, 7) is 2.17. The van der Waals surface area contributed by atoms with Crippen LogP contribution in [0.25, 0.3) is 0 Å². The van der Waals surface area contributed by atoms with E-state index < -0.39 is 16.1 Å². The molecule has 0 heterocycles. The minimum atomic E-state index is -3.69. The van der Waals surface area contributed by atoms with Crippen LogP contribution in [0.3, 0.4) is 0 Å². The van der Waals surface area contributed by atoms with Crippen LogP contribution in [-0.4, -0.2) is 57.1 Å². The van der Waals surface area contributed by atoms with E-state index in [1.807, 2.05) is 31.2 Å². The smallest absolute Gasteiger partial charge is 0.243 e. The highest BCUT2D eigenvalue weighted by molar-refractivity contribution is 7.92. The second-order valence-corrected chi connectivity index (χ2v) is 12.9. The molecule has 1 atom stereocenters. The van der Waals surface area contributed by atoms with Crippen LogP contribution < -0.4 is 14.4 Å². The highest BCUT2D eigenvalue weighted by Gasteiger charge is 2.30. The highest BCUT2D eigenvalue weighted by atomic mass is 35.5. The minimum Gasteiger partial charge on any atom is -0.497 e. The molecule has 0 spiro atoms. The van der Waals surface area contributed by atoms with Crippen molar-refractivity contribution in [3.05, 3.63) is 58.1 Å². The van der Waals surface area contributed by atoms with Crippen LogP contribution in [0.4, 0.5) is 5.69 Å². The van der Waals surface area contributed by atoms with Gasteiger partial charge in [0.25, 0.3) is 0 Å². The van der Waals surface area contributed by atoms with E-state index in [0.717, 1.165) is 41.8 Å². The third-order valence-corrected chi connectivity index (χ3v) is 8.91. The molecule has 1 saturated carbocycles. The molecule has 8 nitrogen and oxygen atoms in total. The Kier molecular flexibility index (Phi) is 12.0. The summed E-state index contributed by atoms with van der Waals surface area (Å²) in [5, 5.41) is 3.76. The van der Waals surface area contributed by atoms with E-state index in [-0.39, 0.29) is 54.5 Å². The number of hydrogen-bond acceptors (Lipinski definition) is 5. The summed E-state index contributed by atoms with van der Waals surface area (Å²) in [4.78, 5) is 28.7. The first kappa shape index (κ1) is 32.0. The summed E-state index contributed by atoms with van der Waals surface area (Å²) in [5.41, 5.74) is 1.12. The van der Waals surface area contributed by atoms with E-state index in [2.05, 4.69) is 5.32 Å². The molecular formula is C29H39Cl2N3O5S. The van der Waals surface area contributed by atoms with Crippen molar-refractivity contribution < 1.29 is 22.7 Å². The van der Waals surface area contributed by atoms with Crippen molar-refractivity contribution in [3.63, 3.8) is 0 Å². The van der Waals surface area contributed by atoms with E-state index in [1.54, 1.807) is 18.1 Å². The van der Waals surface area contributed by atoms with E-state index in [4.69, 9.17) is 27.9 Å². The molecule has 1 fully saturated rings. The molecule has 2 amide bonds. The third-order valence-electron chi connectivity index (χ3n) is 7.18. The van der Waals surface area contributed by atoms with Crippen molar-refractivity contribution in [1.82, 2.24) is 10.2 Å². The summed E-state index contributed by atoms with van der Waals surface area (Å²) >= 11 is 12.4. The molecule has 40 heavy (non-hydrogen) atoms. The fourth-order valence-corrected chi connectivity index (χ4v) is 6.46. The van der Waals surface area contributed by atoms with E-state index >= 15 is 0 Å². The van der Waals surface area contributed by atoms with Crippen molar-refractivity contribution in [2.45, 2.75) is 76.9 Å². The average Bonchev–Trinajstić information content (AvgIpc) is 2.92. The number of ether oxygens (including phenoxy) is 1. The lowest BCUT2D eigenvalue weighted by atomic mass is 9.95. The zero-order valence-corrected chi connectivity index (χ0v) is 25.7. The molecule has 2 aromatic rings. The van der Waals surface area contributed by atoms with Gasteiger partial charge in [-0.05, 0) is 61.6 Å². The Morgan fingerprint density at radius 3 is 2.35 bits per heavy atom. The molecule has 0 saturated heterocycles. The van der Waals surface area contributed by atoms with Gasteiger partial charge in [-0.1, -0.05) is 61.5 Å². The number of nitrogens with one attached hydrogen (secondary N) is 1. The maximum absolute atomic E-state index is 13.7. The highest BCUT2D eigenvalue weighted by Crippen LogP contribution is 2.31. The van der Waals surface area contributed by atoms with Gasteiger partial charge < -0.3 is 15.0 Å². The predicted octanol–water partition coefficient (Wildman–Crippen LogP) is 5.80. The maximum atomic E-state index is 13.7. The first-order valence-electron chi connectivity index (χ1n) is 13.7. The Morgan fingerprint density at radius 1 is 1.07 bits per heavy atom. The van der Waals surface area contributed by atoms with Crippen LogP contribution in [0.1, 0.15) is 63.9 Å². The topological polar surface area (TPSA) is 96.0 Å². The summed E-state index contributed by atoms with van der Waals surface area (Å²) in [7, 11) is -2.10. The number of sulfonamides is 1. The molecule has 0 aliphatic heterocycles.